The molecule has 0 radical (unpaired) electrons. The molecule has 0 saturated carbocycles. The van der Waals surface area contributed by atoms with Crippen molar-refractivity contribution in [1.82, 2.24) is 29.4 Å². The summed E-state index contributed by atoms with van der Waals surface area (Å²) in [5.74, 6) is 1.38. The average molecular weight is 536 g/mol. The number of aliphatic hydroxyl groups excluding tert-OH is 2. The third-order valence-electron chi connectivity index (χ3n) is 7.80. The number of rotatable bonds is 9. The lowest BCUT2D eigenvalue weighted by Crippen LogP contribution is -2.43. The lowest BCUT2D eigenvalue weighted by Gasteiger charge is -2.30. The van der Waals surface area contributed by atoms with Gasteiger partial charge in [-0.25, -0.2) is 15.0 Å². The molecular weight excluding hydrogens is 494 g/mol. The molecule has 3 aromatic heterocycles. The Hall–Kier alpha value is -3.05. The molecule has 10 heteroatoms. The molecule has 5 N–H and O–H groups in total. The lowest BCUT2D eigenvalue weighted by molar-refractivity contribution is -0.0466. The zero-order valence-electron chi connectivity index (χ0n) is 23.5. The van der Waals surface area contributed by atoms with E-state index in [0.29, 0.717) is 23.4 Å². The first-order valence-electron chi connectivity index (χ1n) is 13.8. The number of hydrogen-bond acceptors (Lipinski definition) is 8. The minimum atomic E-state index is -1.08. The fourth-order valence-corrected chi connectivity index (χ4v) is 5.35. The van der Waals surface area contributed by atoms with Crippen molar-refractivity contribution in [1.29, 1.82) is 0 Å². The first kappa shape index (κ1) is 27.5. The molecule has 0 spiro atoms. The first-order valence-corrected chi connectivity index (χ1v) is 13.8. The minimum absolute atomic E-state index is 0.102. The smallest absolute Gasteiger partial charge is 0.164 e. The third-order valence-corrected chi connectivity index (χ3v) is 7.80. The Morgan fingerprint density at radius 3 is 2.67 bits per heavy atom. The van der Waals surface area contributed by atoms with Gasteiger partial charge in [0, 0.05) is 25.2 Å². The molecule has 0 bridgehead atoms. The number of ether oxygens (including phenoxy) is 1. The molecule has 4 aromatic rings. The number of aryl methyl sites for hydroxylation is 1. The van der Waals surface area contributed by atoms with Crippen LogP contribution in [0.25, 0.3) is 22.1 Å². The quantitative estimate of drug-likeness (QED) is 0.239. The number of aromatic amines is 1. The van der Waals surface area contributed by atoms with Crippen molar-refractivity contribution < 1.29 is 14.9 Å². The van der Waals surface area contributed by atoms with Gasteiger partial charge in [-0.3, -0.25) is 4.90 Å². The molecule has 1 saturated heterocycles. The van der Waals surface area contributed by atoms with Crippen LogP contribution >= 0.6 is 0 Å². The molecule has 1 aliphatic rings. The highest BCUT2D eigenvalue weighted by Crippen LogP contribution is 2.33. The zero-order chi connectivity index (χ0) is 27.9. The Labute approximate surface area is 229 Å². The molecule has 4 heterocycles. The van der Waals surface area contributed by atoms with Gasteiger partial charge in [0.1, 0.15) is 41.9 Å². The number of benzene rings is 1. The predicted molar refractivity (Wildman–Crippen MR) is 152 cm³/mol. The van der Waals surface area contributed by atoms with Gasteiger partial charge in [-0.1, -0.05) is 26.8 Å². The van der Waals surface area contributed by atoms with Gasteiger partial charge in [0.15, 0.2) is 6.23 Å². The fourth-order valence-electron chi connectivity index (χ4n) is 5.35. The Morgan fingerprint density at radius 1 is 1.13 bits per heavy atom. The van der Waals surface area contributed by atoms with Crippen LogP contribution in [0.1, 0.15) is 65.1 Å². The van der Waals surface area contributed by atoms with Crippen LogP contribution in [0, 0.1) is 0 Å². The monoisotopic (exact) mass is 535 g/mol. The summed E-state index contributed by atoms with van der Waals surface area (Å²) >= 11 is 0. The molecule has 10 nitrogen and oxygen atoms in total. The van der Waals surface area contributed by atoms with Gasteiger partial charge < -0.3 is 30.2 Å². The fraction of sp³-hybridized carbons (Fsp3) is 0.552. The van der Waals surface area contributed by atoms with E-state index in [0.717, 1.165) is 42.7 Å². The number of unbranched alkanes of at least 4 members (excludes halogenated alkanes) is 1. The van der Waals surface area contributed by atoms with Crippen LogP contribution in [-0.4, -0.2) is 77.1 Å². The van der Waals surface area contributed by atoms with Crippen LogP contribution in [0.5, 0.6) is 0 Å². The summed E-state index contributed by atoms with van der Waals surface area (Å²) in [5.41, 5.74) is 10.0. The maximum atomic E-state index is 10.9. The highest BCUT2D eigenvalue weighted by atomic mass is 16.6. The zero-order valence-corrected chi connectivity index (χ0v) is 23.5. The maximum absolute atomic E-state index is 10.9. The maximum Gasteiger partial charge on any atom is 0.164 e. The molecule has 210 valence electrons. The van der Waals surface area contributed by atoms with Gasteiger partial charge in [-0.2, -0.15) is 0 Å². The van der Waals surface area contributed by atoms with Gasteiger partial charge in [-0.15, -0.1) is 0 Å². The summed E-state index contributed by atoms with van der Waals surface area (Å²) in [6.07, 6.45) is 2.62. The highest BCUT2D eigenvalue weighted by molar-refractivity contribution is 5.86. The minimum Gasteiger partial charge on any atom is -0.387 e. The van der Waals surface area contributed by atoms with Crippen molar-refractivity contribution in [3.8, 4) is 0 Å². The average Bonchev–Trinajstić information content (AvgIpc) is 3.57. The number of aliphatic hydroxyl groups is 2. The van der Waals surface area contributed by atoms with Crippen molar-refractivity contribution in [2.45, 2.75) is 89.9 Å². The molecular formula is C29H41N7O3. The van der Waals surface area contributed by atoms with E-state index in [2.05, 4.69) is 72.7 Å². The number of hydrogen-bond donors (Lipinski definition) is 4. The van der Waals surface area contributed by atoms with Crippen molar-refractivity contribution >= 4 is 27.9 Å². The largest absolute Gasteiger partial charge is 0.387 e. The molecule has 2 unspecified atom stereocenters. The molecule has 1 aliphatic heterocycles. The van der Waals surface area contributed by atoms with E-state index in [1.165, 1.54) is 11.9 Å². The second-order valence-corrected chi connectivity index (χ2v) is 12.0. The van der Waals surface area contributed by atoms with Gasteiger partial charge in [0.25, 0.3) is 0 Å². The number of nitrogen functional groups attached to an aromatic ring is 1. The standard InChI is InChI=1S/C29H41N7O3/c1-17(2)35(12-7-6-8-23-33-20-10-9-18(29(3,4)5)14-21(20)34-23)15-22-24(37)25(38)28(39-22)36-13-11-19-26(30)31-16-32-27(19)36/h9-11,13-14,16-17,22,24-25,28,37-38H,6-8,12,15H2,1-5H3,(H,33,34)(H2,30,31,32)/t22?,24-,25-,28?/m1/s1. The SMILES string of the molecule is CC(C)N(CCCCc1nc2ccc(C(C)(C)C)cc2[nH]1)CC1OC(n2ccc3c(N)ncnc32)[C@H](O)[C@@H]1O. The van der Waals surface area contributed by atoms with Crippen molar-refractivity contribution in [3.05, 3.63) is 48.2 Å². The Balaban J connectivity index is 1.18. The number of anilines is 1. The van der Waals surface area contributed by atoms with Crippen LogP contribution < -0.4 is 5.73 Å². The molecule has 0 amide bonds. The number of aromatic nitrogens is 5. The van der Waals surface area contributed by atoms with E-state index in [9.17, 15) is 10.2 Å². The third kappa shape index (κ3) is 5.65. The van der Waals surface area contributed by atoms with E-state index in [4.69, 9.17) is 15.5 Å². The topological polar surface area (TPSA) is 138 Å². The first-order chi connectivity index (χ1) is 18.5. The second-order valence-electron chi connectivity index (χ2n) is 12.0. The van der Waals surface area contributed by atoms with E-state index < -0.39 is 24.5 Å². The van der Waals surface area contributed by atoms with E-state index in [1.54, 1.807) is 16.8 Å². The molecule has 1 aromatic carbocycles. The summed E-state index contributed by atoms with van der Waals surface area (Å²) in [4.78, 5) is 18.9. The van der Waals surface area contributed by atoms with Crippen molar-refractivity contribution in [3.63, 3.8) is 0 Å². The van der Waals surface area contributed by atoms with Crippen LogP contribution in [-0.2, 0) is 16.6 Å². The van der Waals surface area contributed by atoms with Crippen LogP contribution in [0.4, 0.5) is 5.82 Å². The summed E-state index contributed by atoms with van der Waals surface area (Å²) in [5, 5.41) is 22.4. The van der Waals surface area contributed by atoms with Crippen molar-refractivity contribution in [2.75, 3.05) is 18.8 Å². The summed E-state index contributed by atoms with van der Waals surface area (Å²) in [6, 6.07) is 8.53. The van der Waals surface area contributed by atoms with E-state index in [1.807, 2.05) is 0 Å². The van der Waals surface area contributed by atoms with Crippen LogP contribution in [0.2, 0.25) is 0 Å². The highest BCUT2D eigenvalue weighted by Gasteiger charge is 2.44. The van der Waals surface area contributed by atoms with Crippen LogP contribution in [0.3, 0.4) is 0 Å². The molecule has 4 atom stereocenters. The molecule has 5 rings (SSSR count). The number of nitrogens with zero attached hydrogens (tertiary/aromatic N) is 5. The predicted octanol–water partition coefficient (Wildman–Crippen LogP) is 3.54. The molecule has 1 fully saturated rings. The van der Waals surface area contributed by atoms with Gasteiger partial charge >= 0.3 is 0 Å². The van der Waals surface area contributed by atoms with Gasteiger partial charge in [0.05, 0.1) is 16.4 Å². The Morgan fingerprint density at radius 2 is 1.92 bits per heavy atom. The second kappa shape index (κ2) is 10.8. The summed E-state index contributed by atoms with van der Waals surface area (Å²) < 4.78 is 7.93. The lowest BCUT2D eigenvalue weighted by atomic mass is 9.87. The van der Waals surface area contributed by atoms with Gasteiger partial charge in [-0.05, 0) is 62.4 Å². The van der Waals surface area contributed by atoms with E-state index in [-0.39, 0.29) is 11.5 Å². The van der Waals surface area contributed by atoms with Crippen molar-refractivity contribution in [2.24, 2.45) is 0 Å². The summed E-state index contributed by atoms with van der Waals surface area (Å²) in [6.45, 7) is 12.3. The van der Waals surface area contributed by atoms with E-state index >= 15 is 0 Å². The Bertz CT molecular complexity index is 1420. The molecule has 39 heavy (non-hydrogen) atoms. The number of fused-ring (bicyclic) bond motifs is 2. The Kier molecular flexibility index (Phi) is 7.65. The normalized spacial score (nSPS) is 22.2. The number of H-pyrrole nitrogens is 1. The van der Waals surface area contributed by atoms with Crippen LogP contribution in [0.15, 0.2) is 36.8 Å². The number of nitrogens with one attached hydrogen (secondary N) is 1. The molecule has 0 aliphatic carbocycles. The number of nitrogens with two attached hydrogens (primary N) is 1. The summed E-state index contributed by atoms with van der Waals surface area (Å²) in [7, 11) is 0. The number of imidazole rings is 1. The van der Waals surface area contributed by atoms with Gasteiger partial charge in [0.2, 0.25) is 0 Å².